The minimum atomic E-state index is 0.282. The molecule has 2 aromatic rings. The summed E-state index contributed by atoms with van der Waals surface area (Å²) >= 11 is 0. The van der Waals surface area contributed by atoms with Gasteiger partial charge in [0.15, 0.2) is 0 Å². The van der Waals surface area contributed by atoms with Crippen molar-refractivity contribution in [3.8, 4) is 36.2 Å². The van der Waals surface area contributed by atoms with E-state index in [-0.39, 0.29) is 13.2 Å². The lowest BCUT2D eigenvalue weighted by molar-refractivity contribution is 0.370. The van der Waals surface area contributed by atoms with E-state index < -0.39 is 0 Å². The highest BCUT2D eigenvalue weighted by Gasteiger charge is 2.09. The lowest BCUT2D eigenvalue weighted by Crippen LogP contribution is -1.96. The largest absolute Gasteiger partial charge is 0.481 e. The summed E-state index contributed by atoms with van der Waals surface area (Å²) in [7, 11) is 0. The summed E-state index contributed by atoms with van der Waals surface area (Å²) in [6.07, 6.45) is 12.4. The van der Waals surface area contributed by atoms with E-state index in [2.05, 4.69) is 50.0 Å². The van der Waals surface area contributed by atoms with Gasteiger partial charge in [-0.1, -0.05) is 50.0 Å². The monoisotopic (exact) mass is 344 g/mol. The van der Waals surface area contributed by atoms with Gasteiger partial charge in [-0.3, -0.25) is 0 Å². The third kappa shape index (κ3) is 4.95. The molecule has 0 saturated heterocycles. The summed E-state index contributed by atoms with van der Waals surface area (Å²) in [6, 6.07) is 16.2. The van der Waals surface area contributed by atoms with Gasteiger partial charge < -0.3 is 9.47 Å². The molecular formula is C24H24O2. The Hall–Kier alpha value is -3.10. The van der Waals surface area contributed by atoms with Crippen LogP contribution >= 0.6 is 0 Å². The average Bonchev–Trinajstić information content (AvgIpc) is 2.70. The van der Waals surface area contributed by atoms with Crippen LogP contribution in [0.25, 0.3) is 11.1 Å². The molecule has 2 aromatic carbocycles. The van der Waals surface area contributed by atoms with E-state index in [1.807, 2.05) is 24.3 Å². The van der Waals surface area contributed by atoms with Gasteiger partial charge in [0.25, 0.3) is 0 Å². The average molecular weight is 344 g/mol. The summed E-state index contributed by atoms with van der Waals surface area (Å²) in [6.45, 7) is 4.92. The number of benzene rings is 2. The predicted molar refractivity (Wildman–Crippen MR) is 109 cm³/mol. The van der Waals surface area contributed by atoms with E-state index >= 15 is 0 Å². The van der Waals surface area contributed by atoms with Gasteiger partial charge in [0, 0.05) is 0 Å². The van der Waals surface area contributed by atoms with Crippen molar-refractivity contribution in [3.05, 3.63) is 59.7 Å². The summed E-state index contributed by atoms with van der Waals surface area (Å²) in [4.78, 5) is 0. The Labute approximate surface area is 156 Å². The van der Waals surface area contributed by atoms with Crippen LogP contribution in [0.5, 0.6) is 11.5 Å². The number of allylic oxidation sites excluding steroid dienone is 2. The Kier molecular flexibility index (Phi) is 7.41. The van der Waals surface area contributed by atoms with Crippen molar-refractivity contribution in [3.63, 3.8) is 0 Å². The normalized spacial score (nSPS) is 11.1. The van der Waals surface area contributed by atoms with E-state index in [4.69, 9.17) is 22.3 Å². The van der Waals surface area contributed by atoms with Crippen molar-refractivity contribution in [1.29, 1.82) is 0 Å². The van der Waals surface area contributed by atoms with E-state index in [1.54, 1.807) is 0 Å². The van der Waals surface area contributed by atoms with Gasteiger partial charge in [-0.25, -0.2) is 0 Å². The van der Waals surface area contributed by atoms with Gasteiger partial charge >= 0.3 is 0 Å². The van der Waals surface area contributed by atoms with Crippen LogP contribution in [0.1, 0.15) is 37.8 Å². The molecule has 0 aromatic heterocycles. The highest BCUT2D eigenvalue weighted by Crippen LogP contribution is 2.32. The molecule has 26 heavy (non-hydrogen) atoms. The Balaban J connectivity index is 2.31. The number of rotatable bonds is 8. The maximum Gasteiger partial charge on any atom is 0.148 e. The van der Waals surface area contributed by atoms with E-state index in [1.165, 1.54) is 22.3 Å². The highest BCUT2D eigenvalue weighted by molar-refractivity contribution is 5.90. The molecular weight excluding hydrogens is 320 g/mol. The van der Waals surface area contributed by atoms with Crippen LogP contribution in [0.15, 0.2) is 48.5 Å². The van der Waals surface area contributed by atoms with E-state index in [0.717, 1.165) is 24.3 Å². The Morgan fingerprint density at radius 2 is 1.04 bits per heavy atom. The van der Waals surface area contributed by atoms with Crippen LogP contribution in [-0.2, 0) is 0 Å². The molecule has 2 nitrogen and oxygen atoms in total. The Morgan fingerprint density at radius 3 is 1.31 bits per heavy atom. The maximum atomic E-state index is 5.46. The SMILES string of the molecule is C#CCOc1ccc(/C(CC)=C(/CC)c2ccc(OCC#C)cc2)cc1. The first-order valence-electron chi connectivity index (χ1n) is 8.78. The molecule has 2 rings (SSSR count). The predicted octanol–water partition coefficient (Wildman–Crippen LogP) is 5.44. The molecule has 0 spiro atoms. The van der Waals surface area contributed by atoms with Gasteiger partial charge in [-0.05, 0) is 59.4 Å². The molecule has 0 aliphatic carbocycles. The maximum absolute atomic E-state index is 5.46. The molecule has 0 bridgehead atoms. The van der Waals surface area contributed by atoms with Gasteiger partial charge in [-0.15, -0.1) is 12.8 Å². The highest BCUT2D eigenvalue weighted by atomic mass is 16.5. The van der Waals surface area contributed by atoms with Crippen molar-refractivity contribution in [2.45, 2.75) is 26.7 Å². The minimum absolute atomic E-state index is 0.282. The minimum Gasteiger partial charge on any atom is -0.481 e. The summed E-state index contributed by atoms with van der Waals surface area (Å²) in [5, 5.41) is 0. The van der Waals surface area contributed by atoms with Crippen LogP contribution in [0.4, 0.5) is 0 Å². The number of ether oxygens (including phenoxy) is 2. The topological polar surface area (TPSA) is 18.5 Å². The molecule has 0 fully saturated rings. The fourth-order valence-corrected chi connectivity index (χ4v) is 2.94. The van der Waals surface area contributed by atoms with Gasteiger partial charge in [0.1, 0.15) is 24.7 Å². The van der Waals surface area contributed by atoms with Crippen LogP contribution in [0.2, 0.25) is 0 Å². The van der Waals surface area contributed by atoms with Gasteiger partial charge in [0.2, 0.25) is 0 Å². The molecule has 0 aliphatic heterocycles. The molecule has 0 saturated carbocycles. The van der Waals surface area contributed by atoms with Crippen molar-refractivity contribution in [2.75, 3.05) is 13.2 Å². The molecule has 0 amide bonds. The van der Waals surface area contributed by atoms with Crippen LogP contribution in [-0.4, -0.2) is 13.2 Å². The Morgan fingerprint density at radius 1 is 0.692 bits per heavy atom. The molecule has 0 aliphatic rings. The number of hydrogen-bond donors (Lipinski definition) is 0. The third-order valence-corrected chi connectivity index (χ3v) is 4.12. The van der Waals surface area contributed by atoms with E-state index in [0.29, 0.717) is 0 Å². The standard InChI is InChI=1S/C24H24O2/c1-5-17-25-21-13-9-19(10-14-21)23(7-3)24(8-4)20-11-15-22(16-12-20)26-18-6-2/h1-2,9-16H,7-8,17-18H2,3-4H3/b24-23-. The van der Waals surface area contributed by atoms with Crippen LogP contribution in [0, 0.1) is 24.7 Å². The van der Waals surface area contributed by atoms with Crippen molar-refractivity contribution >= 4 is 11.1 Å². The fourth-order valence-electron chi connectivity index (χ4n) is 2.94. The first-order chi connectivity index (χ1) is 12.7. The third-order valence-electron chi connectivity index (χ3n) is 4.12. The van der Waals surface area contributed by atoms with Gasteiger partial charge in [-0.2, -0.15) is 0 Å². The first kappa shape index (κ1) is 19.2. The lowest BCUT2D eigenvalue weighted by atomic mass is 9.91. The molecule has 0 heterocycles. The molecule has 0 N–H and O–H groups in total. The van der Waals surface area contributed by atoms with Crippen LogP contribution in [0.3, 0.4) is 0 Å². The Bertz CT molecular complexity index is 741. The second-order valence-corrected chi connectivity index (χ2v) is 5.70. The first-order valence-corrected chi connectivity index (χ1v) is 8.78. The molecule has 2 heteroatoms. The molecule has 0 unspecified atom stereocenters. The zero-order valence-electron chi connectivity index (χ0n) is 15.4. The zero-order chi connectivity index (χ0) is 18.8. The van der Waals surface area contributed by atoms with Crippen molar-refractivity contribution < 1.29 is 9.47 Å². The molecule has 0 radical (unpaired) electrons. The quantitative estimate of drug-likeness (QED) is 0.469. The fraction of sp³-hybridized carbons (Fsp3) is 0.250. The zero-order valence-corrected chi connectivity index (χ0v) is 15.4. The lowest BCUT2D eigenvalue weighted by Gasteiger charge is -2.15. The van der Waals surface area contributed by atoms with Crippen LogP contribution < -0.4 is 9.47 Å². The van der Waals surface area contributed by atoms with E-state index in [9.17, 15) is 0 Å². The van der Waals surface area contributed by atoms with Gasteiger partial charge in [0.05, 0.1) is 0 Å². The molecule has 0 atom stereocenters. The number of hydrogen-bond acceptors (Lipinski definition) is 2. The summed E-state index contributed by atoms with van der Waals surface area (Å²) in [5.41, 5.74) is 5.05. The van der Waals surface area contributed by atoms with Crippen molar-refractivity contribution in [2.24, 2.45) is 0 Å². The molecule has 132 valence electrons. The second-order valence-electron chi connectivity index (χ2n) is 5.70. The summed E-state index contributed by atoms with van der Waals surface area (Å²) in [5.74, 6) is 6.53. The smallest absolute Gasteiger partial charge is 0.148 e. The summed E-state index contributed by atoms with van der Waals surface area (Å²) < 4.78 is 10.9. The van der Waals surface area contributed by atoms with Crippen molar-refractivity contribution in [1.82, 2.24) is 0 Å². The number of terminal acetylenes is 2. The second kappa shape index (κ2) is 10.0.